The highest BCUT2D eigenvalue weighted by atomic mass is 79.9. The number of piperidine rings is 2. The van der Waals surface area contributed by atoms with Crippen molar-refractivity contribution in [2.75, 3.05) is 80.5 Å². The van der Waals surface area contributed by atoms with E-state index in [9.17, 15) is 67.7 Å². The fraction of sp³-hybridized carbons (Fsp3) is 0.516. The van der Waals surface area contributed by atoms with Crippen LogP contribution in [0, 0.1) is 11.8 Å². The SMILES string of the molecule is CC[C@H](C)[C@H]1C(=O)NC[C@@H](NC(=O)c2nc3ccc(Br)cc3cc2O)C(=O)N2CCCC[C@H]2C(=O)NCC(=O)N(C)CC(=O)N(C)[C@@H]([C@@H](C)CC)C(=O)NC[C@@H](NC(=O)c2nc3ccc(Br)cc3cc2O)C(=O)N2CCCC[C@H]2C(=O)NCC(=O)N(C)CC(=O)N1C. The summed E-state index contributed by atoms with van der Waals surface area (Å²) in [6.07, 6.45) is 2.76. The number of carbonyl (C=O) groups excluding carboxylic acids is 12. The van der Waals surface area contributed by atoms with E-state index in [-0.39, 0.29) is 25.9 Å². The molecular formula is C62H80Br2N14O14. The molecule has 28 nitrogen and oxygen atoms in total. The number of nitrogens with one attached hydrogen (secondary N) is 6. The Labute approximate surface area is 548 Å². The molecule has 3 aliphatic heterocycles. The van der Waals surface area contributed by atoms with Gasteiger partial charge in [-0.1, -0.05) is 72.4 Å². The zero-order chi connectivity index (χ0) is 67.4. The number of fused-ring (bicyclic) bond motifs is 4. The molecule has 12 amide bonds. The number of hydrogen-bond donors (Lipinski definition) is 8. The fourth-order valence-electron chi connectivity index (χ4n) is 11.4. The lowest BCUT2D eigenvalue weighted by atomic mass is 9.96. The summed E-state index contributed by atoms with van der Waals surface area (Å²) in [6.45, 7) is 3.36. The molecule has 5 heterocycles. The molecule has 7 rings (SSSR count). The summed E-state index contributed by atoms with van der Waals surface area (Å²) in [5, 5.41) is 38.9. The molecule has 8 atom stereocenters. The molecule has 8 N–H and O–H groups in total. The number of amides is 12. The topological polar surface area (TPSA) is 363 Å². The summed E-state index contributed by atoms with van der Waals surface area (Å²) in [7, 11) is 5.34. The first-order valence-electron chi connectivity index (χ1n) is 30.6. The number of aromatic hydroxyl groups is 2. The number of benzene rings is 2. The maximum atomic E-state index is 14.9. The van der Waals surface area contributed by atoms with Gasteiger partial charge in [-0.05, 0) is 98.9 Å². The Hall–Kier alpha value is -8.54. The summed E-state index contributed by atoms with van der Waals surface area (Å²) >= 11 is 6.75. The lowest BCUT2D eigenvalue weighted by Gasteiger charge is -2.38. The van der Waals surface area contributed by atoms with Gasteiger partial charge in [-0.3, -0.25) is 57.5 Å². The molecule has 2 aromatic heterocycles. The molecule has 0 saturated carbocycles. The van der Waals surface area contributed by atoms with Crippen LogP contribution in [0.3, 0.4) is 0 Å². The largest absolute Gasteiger partial charge is 0.505 e. The fourth-order valence-corrected chi connectivity index (χ4v) is 12.2. The van der Waals surface area contributed by atoms with Crippen LogP contribution in [-0.2, 0) is 47.9 Å². The minimum absolute atomic E-state index is 0.00437. The standard InChI is InChI=1S/C62H80Br2N14O14/c1-9-33(3)53-59(89)65-27-41(71-57(87)51-45(79)25-35-23-37(63)17-19-39(35)69-51)61(91)77-21-13-11-15-43(77)55(85)68-30-48(82)74(6)32-50(84)76(8)54(34(4)10-2)60(90)66-28-42(72-58(88)52-46(80)26-36-24-38(64)18-20-40(36)70-52)62(92)78-22-14-12-16-44(78)56(86)67-29-47(81)73(5)31-49(83)75(53)7/h17-20,23-26,33-34,41-44,53-54,79-80H,9-16,21-22,27-32H2,1-8H3,(H,65,89)(H,66,90)(H,67,86)(H,68,85)(H,71,87)(H,72,88)/t33-,34-,41+,42+,43-,44-,53-,54-/m0/s1. The van der Waals surface area contributed by atoms with Crippen LogP contribution in [0.5, 0.6) is 11.5 Å². The van der Waals surface area contributed by atoms with Crippen molar-refractivity contribution in [1.29, 1.82) is 0 Å². The Kier molecular flexibility index (Phi) is 24.4. The van der Waals surface area contributed by atoms with E-state index in [4.69, 9.17) is 0 Å². The third-order valence-corrected chi connectivity index (χ3v) is 18.2. The predicted molar refractivity (Wildman–Crippen MR) is 343 cm³/mol. The number of pyridine rings is 2. The molecule has 3 saturated heterocycles. The quantitative estimate of drug-likeness (QED) is 0.124. The van der Waals surface area contributed by atoms with Gasteiger partial charge in [0.2, 0.25) is 59.1 Å². The zero-order valence-corrected chi connectivity index (χ0v) is 55.9. The van der Waals surface area contributed by atoms with Gasteiger partial charge in [-0.2, -0.15) is 0 Å². The van der Waals surface area contributed by atoms with E-state index in [0.29, 0.717) is 69.3 Å². The average molecular weight is 1410 g/mol. The molecule has 0 bridgehead atoms. The molecule has 0 unspecified atom stereocenters. The van der Waals surface area contributed by atoms with Crippen molar-refractivity contribution in [3.05, 3.63) is 68.9 Å². The van der Waals surface area contributed by atoms with Crippen molar-refractivity contribution < 1.29 is 67.7 Å². The van der Waals surface area contributed by atoms with Gasteiger partial charge in [0.15, 0.2) is 11.4 Å². The molecule has 0 spiro atoms. The van der Waals surface area contributed by atoms with Crippen molar-refractivity contribution in [3.8, 4) is 11.5 Å². The van der Waals surface area contributed by atoms with E-state index >= 15 is 0 Å². The summed E-state index contributed by atoms with van der Waals surface area (Å²) < 4.78 is 1.35. The third kappa shape index (κ3) is 17.1. The average Bonchev–Trinajstić information content (AvgIpc) is 0.849. The van der Waals surface area contributed by atoms with Crippen LogP contribution in [-0.4, -0.2) is 237 Å². The molecule has 496 valence electrons. The van der Waals surface area contributed by atoms with Crippen LogP contribution >= 0.6 is 31.9 Å². The second kappa shape index (κ2) is 31.7. The predicted octanol–water partition coefficient (Wildman–Crippen LogP) is 1.52. The van der Waals surface area contributed by atoms with Crippen molar-refractivity contribution in [2.24, 2.45) is 11.8 Å². The molecule has 30 heteroatoms. The van der Waals surface area contributed by atoms with E-state index in [0.717, 1.165) is 19.6 Å². The van der Waals surface area contributed by atoms with Crippen molar-refractivity contribution in [1.82, 2.24) is 71.3 Å². The number of aromatic nitrogens is 2. The van der Waals surface area contributed by atoms with Gasteiger partial charge in [-0.25, -0.2) is 9.97 Å². The van der Waals surface area contributed by atoms with Crippen LogP contribution in [0.15, 0.2) is 57.5 Å². The second-order valence-corrected chi connectivity index (χ2v) is 25.5. The van der Waals surface area contributed by atoms with Gasteiger partial charge >= 0.3 is 0 Å². The lowest BCUT2D eigenvalue weighted by molar-refractivity contribution is -0.146. The molecule has 0 radical (unpaired) electrons. The molecule has 3 aliphatic rings. The zero-order valence-electron chi connectivity index (χ0n) is 52.7. The maximum Gasteiger partial charge on any atom is 0.274 e. The van der Waals surface area contributed by atoms with Gasteiger partial charge in [0.25, 0.3) is 11.8 Å². The van der Waals surface area contributed by atoms with E-state index in [1.54, 1.807) is 64.1 Å². The van der Waals surface area contributed by atoms with E-state index in [1.165, 1.54) is 50.1 Å². The molecule has 2 aromatic carbocycles. The van der Waals surface area contributed by atoms with Gasteiger partial charge in [0.05, 0.1) is 37.2 Å². The highest BCUT2D eigenvalue weighted by Crippen LogP contribution is 2.28. The Balaban J connectivity index is 1.19. The highest BCUT2D eigenvalue weighted by Gasteiger charge is 2.41. The molecular weight excluding hydrogens is 1320 g/mol. The third-order valence-electron chi connectivity index (χ3n) is 17.2. The Morgan fingerprint density at radius 3 is 1.27 bits per heavy atom. The number of likely N-dealkylation sites (N-methyl/N-ethyl adjacent to an activating group) is 4. The van der Waals surface area contributed by atoms with Crippen molar-refractivity contribution >= 4 is 125 Å². The summed E-state index contributed by atoms with van der Waals surface area (Å²) in [4.78, 5) is 187. The Morgan fingerprint density at radius 2 is 0.913 bits per heavy atom. The van der Waals surface area contributed by atoms with Crippen LogP contribution in [0.2, 0.25) is 0 Å². The highest BCUT2D eigenvalue weighted by molar-refractivity contribution is 9.10. The Morgan fingerprint density at radius 1 is 0.543 bits per heavy atom. The maximum absolute atomic E-state index is 14.9. The monoisotopic (exact) mass is 1400 g/mol. The number of halogens is 2. The van der Waals surface area contributed by atoms with Crippen LogP contribution in [0.25, 0.3) is 21.8 Å². The number of carbonyl (C=O) groups is 12. The van der Waals surface area contributed by atoms with Crippen LogP contribution in [0.4, 0.5) is 0 Å². The molecule has 4 aromatic rings. The second-order valence-electron chi connectivity index (χ2n) is 23.6. The van der Waals surface area contributed by atoms with E-state index in [2.05, 4.69) is 73.7 Å². The van der Waals surface area contributed by atoms with Crippen LogP contribution in [0.1, 0.15) is 100 Å². The Bertz CT molecular complexity index is 3300. The number of rotatable bonds is 8. The number of nitrogens with zero attached hydrogens (tertiary/aromatic N) is 8. The lowest BCUT2D eigenvalue weighted by Crippen LogP contribution is -2.61. The smallest absolute Gasteiger partial charge is 0.274 e. The molecule has 0 aliphatic carbocycles. The van der Waals surface area contributed by atoms with Crippen LogP contribution < -0.4 is 31.9 Å². The van der Waals surface area contributed by atoms with Gasteiger partial charge in [0.1, 0.15) is 47.8 Å². The van der Waals surface area contributed by atoms with Crippen molar-refractivity contribution in [3.63, 3.8) is 0 Å². The van der Waals surface area contributed by atoms with Gasteiger partial charge < -0.3 is 71.5 Å². The summed E-state index contributed by atoms with van der Waals surface area (Å²) in [5.74, 6) is -11.6. The molecule has 92 heavy (non-hydrogen) atoms. The van der Waals surface area contributed by atoms with E-state index in [1.807, 2.05) is 0 Å². The first-order chi connectivity index (χ1) is 43.6. The van der Waals surface area contributed by atoms with Crippen molar-refractivity contribution in [2.45, 2.75) is 115 Å². The molecule has 3 fully saturated rings. The first kappa shape index (κ1) is 70.9. The summed E-state index contributed by atoms with van der Waals surface area (Å²) in [6, 6.07) is 4.46. The van der Waals surface area contributed by atoms with Gasteiger partial charge in [-0.15, -0.1) is 0 Å². The first-order valence-corrected chi connectivity index (χ1v) is 32.1. The summed E-state index contributed by atoms with van der Waals surface area (Å²) in [5.41, 5.74) is -0.248. The van der Waals surface area contributed by atoms with Gasteiger partial charge in [0, 0.05) is 74.1 Å². The number of hydrogen-bond acceptors (Lipinski definition) is 16. The van der Waals surface area contributed by atoms with E-state index < -0.39 is 181 Å². The minimum Gasteiger partial charge on any atom is -0.505 e. The minimum atomic E-state index is -1.62. The normalized spacial score (nSPS) is 23.1.